The first-order chi connectivity index (χ1) is 20.9. The molecular formula is C29H31F6N6O3+. The number of nitrogens with zero attached hydrogens (tertiary/aromatic N) is 3. The van der Waals surface area contributed by atoms with Crippen molar-refractivity contribution in [2.24, 2.45) is 5.92 Å². The van der Waals surface area contributed by atoms with E-state index in [0.29, 0.717) is 32.1 Å². The lowest BCUT2D eigenvalue weighted by Gasteiger charge is -2.24. The zero-order valence-corrected chi connectivity index (χ0v) is 23.4. The molecule has 1 unspecified atom stereocenters. The molecule has 1 aliphatic carbocycles. The van der Waals surface area contributed by atoms with Crippen LogP contribution in [-0.4, -0.2) is 43.0 Å². The standard InChI is InChI=1S/C29H30F6N6O3/c30-28(31,32)17-36-15-18-6-8-22(9-7-18)41-16-25(44-39-41)38-27(43)37-21-12-20(29(33,34)35)13-23(14-21)40-11-10-24(26(40)42)19-4-2-1-3-5-19/h1-5,12-14,16,18,22,24,36H,6-11,15,17H2,(H-,37,38,39,43)/p+1. The molecule has 15 heteroatoms. The van der Waals surface area contributed by atoms with Crippen molar-refractivity contribution < 1.29 is 45.1 Å². The van der Waals surface area contributed by atoms with Crippen LogP contribution in [0.25, 0.3) is 0 Å². The Kier molecular flexibility index (Phi) is 9.13. The van der Waals surface area contributed by atoms with E-state index in [2.05, 4.69) is 21.2 Å². The van der Waals surface area contributed by atoms with Crippen LogP contribution in [-0.2, 0) is 11.0 Å². The van der Waals surface area contributed by atoms with Crippen molar-refractivity contribution in [3.8, 4) is 0 Å². The largest absolute Gasteiger partial charge is 0.416 e. The van der Waals surface area contributed by atoms with Gasteiger partial charge in [-0.2, -0.15) is 26.3 Å². The van der Waals surface area contributed by atoms with Crippen LogP contribution >= 0.6 is 0 Å². The Morgan fingerprint density at radius 2 is 1.70 bits per heavy atom. The molecule has 44 heavy (non-hydrogen) atoms. The van der Waals surface area contributed by atoms with Crippen molar-refractivity contribution in [3.05, 3.63) is 65.9 Å². The average molecular weight is 626 g/mol. The van der Waals surface area contributed by atoms with Gasteiger partial charge in [0, 0.05) is 30.8 Å². The summed E-state index contributed by atoms with van der Waals surface area (Å²) < 4.78 is 85.1. The molecule has 1 saturated heterocycles. The van der Waals surface area contributed by atoms with Crippen molar-refractivity contribution in [2.45, 2.75) is 56.4 Å². The van der Waals surface area contributed by atoms with Crippen molar-refractivity contribution in [2.75, 3.05) is 35.2 Å². The quantitative estimate of drug-likeness (QED) is 0.210. The third-order valence-corrected chi connectivity index (χ3v) is 7.89. The maximum Gasteiger partial charge on any atom is 0.416 e. The monoisotopic (exact) mass is 625 g/mol. The average Bonchev–Trinajstić information content (AvgIpc) is 3.59. The predicted molar refractivity (Wildman–Crippen MR) is 147 cm³/mol. The summed E-state index contributed by atoms with van der Waals surface area (Å²) in [6.07, 6.45) is -4.45. The van der Waals surface area contributed by atoms with Gasteiger partial charge in [-0.1, -0.05) is 30.3 Å². The van der Waals surface area contributed by atoms with E-state index in [1.807, 2.05) is 6.07 Å². The van der Waals surface area contributed by atoms with Crippen molar-refractivity contribution in [3.63, 3.8) is 0 Å². The summed E-state index contributed by atoms with van der Waals surface area (Å²) in [6.45, 7) is -0.552. The lowest BCUT2D eigenvalue weighted by atomic mass is 9.86. The number of nitrogens with one attached hydrogen (secondary N) is 3. The Morgan fingerprint density at radius 3 is 2.39 bits per heavy atom. The van der Waals surface area contributed by atoms with Gasteiger partial charge >= 0.3 is 24.3 Å². The molecule has 0 spiro atoms. The van der Waals surface area contributed by atoms with E-state index in [0.717, 1.165) is 17.7 Å². The maximum atomic E-state index is 13.8. The summed E-state index contributed by atoms with van der Waals surface area (Å²) in [4.78, 5) is 27.2. The summed E-state index contributed by atoms with van der Waals surface area (Å²) in [5.74, 6) is -0.764. The van der Waals surface area contributed by atoms with Crippen LogP contribution < -0.4 is 25.5 Å². The van der Waals surface area contributed by atoms with Crippen LogP contribution in [0.1, 0.15) is 55.2 Å². The third-order valence-electron chi connectivity index (χ3n) is 7.89. The molecule has 1 saturated carbocycles. The second-order valence-corrected chi connectivity index (χ2v) is 11.1. The minimum atomic E-state index is -4.73. The summed E-state index contributed by atoms with van der Waals surface area (Å²) in [6, 6.07) is 11.0. The number of hydrogen-bond donors (Lipinski definition) is 3. The Balaban J connectivity index is 1.20. The number of urea groups is 1. The zero-order valence-electron chi connectivity index (χ0n) is 23.4. The van der Waals surface area contributed by atoms with E-state index in [-0.39, 0.29) is 48.2 Å². The fourth-order valence-corrected chi connectivity index (χ4v) is 5.73. The third kappa shape index (κ3) is 7.87. The van der Waals surface area contributed by atoms with E-state index < -0.39 is 36.4 Å². The van der Waals surface area contributed by atoms with Crippen molar-refractivity contribution in [1.82, 2.24) is 10.6 Å². The second-order valence-electron chi connectivity index (χ2n) is 11.1. The lowest BCUT2D eigenvalue weighted by Crippen LogP contribution is -2.43. The number of benzene rings is 2. The smallest absolute Gasteiger partial charge is 0.312 e. The van der Waals surface area contributed by atoms with Crippen molar-refractivity contribution in [1.29, 1.82) is 0 Å². The first-order valence-electron chi connectivity index (χ1n) is 14.2. The van der Waals surface area contributed by atoms with Gasteiger partial charge in [0.2, 0.25) is 11.2 Å². The van der Waals surface area contributed by atoms with Gasteiger partial charge in [-0.25, -0.2) is 4.79 Å². The maximum absolute atomic E-state index is 13.8. The summed E-state index contributed by atoms with van der Waals surface area (Å²) in [5.41, 5.74) is -0.406. The highest BCUT2D eigenvalue weighted by molar-refractivity contribution is 6.02. The Bertz CT molecular complexity index is 1450. The zero-order chi connectivity index (χ0) is 31.5. The molecule has 0 bridgehead atoms. The number of alkyl halides is 6. The highest BCUT2D eigenvalue weighted by Gasteiger charge is 2.37. The van der Waals surface area contributed by atoms with Gasteiger partial charge in [-0.05, 0) is 60.2 Å². The Morgan fingerprint density at radius 1 is 0.977 bits per heavy atom. The van der Waals surface area contributed by atoms with Gasteiger partial charge in [-0.15, -0.1) is 0 Å². The van der Waals surface area contributed by atoms with Gasteiger partial charge in [0.15, 0.2) is 6.04 Å². The van der Waals surface area contributed by atoms with Gasteiger partial charge < -0.3 is 15.5 Å². The normalized spacial score (nSPS) is 21.0. The molecule has 1 aliphatic heterocycles. The number of anilines is 3. The van der Waals surface area contributed by atoms with Gasteiger partial charge in [0.05, 0.1) is 18.0 Å². The molecule has 2 fully saturated rings. The van der Waals surface area contributed by atoms with Crippen LogP contribution in [0.2, 0.25) is 0 Å². The molecule has 9 nitrogen and oxygen atoms in total. The molecule has 3 amide bonds. The fraction of sp³-hybridized carbons (Fsp3) is 0.448. The van der Waals surface area contributed by atoms with E-state index in [9.17, 15) is 35.9 Å². The van der Waals surface area contributed by atoms with E-state index in [4.69, 9.17) is 4.52 Å². The summed E-state index contributed by atoms with van der Waals surface area (Å²) >= 11 is 0. The molecule has 1 atom stereocenters. The first-order valence-corrected chi connectivity index (χ1v) is 14.2. The molecule has 3 aromatic rings. The molecule has 2 aliphatic rings. The number of rotatable bonds is 8. The van der Waals surface area contributed by atoms with Gasteiger partial charge in [-0.3, -0.25) is 14.6 Å². The summed E-state index contributed by atoms with van der Waals surface area (Å²) in [7, 11) is 0. The van der Waals surface area contributed by atoms with E-state index in [1.165, 1.54) is 21.8 Å². The fourth-order valence-electron chi connectivity index (χ4n) is 5.73. The number of hydrogen-bond acceptors (Lipinski definition) is 5. The number of carbonyl (C=O) groups is 2. The van der Waals surface area contributed by atoms with E-state index in [1.54, 1.807) is 24.3 Å². The second kappa shape index (κ2) is 12.8. The molecular weight excluding hydrogens is 594 g/mol. The number of carbonyl (C=O) groups excluding carboxylic acids is 2. The Labute approximate surface area is 248 Å². The van der Waals surface area contributed by atoms with Crippen LogP contribution in [0.3, 0.4) is 0 Å². The molecule has 3 N–H and O–H groups in total. The topological polar surface area (TPSA) is 103 Å². The number of aromatic nitrogens is 2. The number of amides is 3. The van der Waals surface area contributed by atoms with Gasteiger partial charge in [0.1, 0.15) is 0 Å². The SMILES string of the molecule is O=C(Nc1cc(N2CCC(c3ccccc3)C2=O)cc(C(F)(F)F)c1)Nc1c[n+](C2CCC(CNCC(F)(F)F)CC2)no1. The molecule has 0 radical (unpaired) electrons. The molecule has 5 rings (SSSR count). The first kappa shape index (κ1) is 31.3. The molecule has 236 valence electrons. The minimum absolute atomic E-state index is 0.0141. The van der Waals surface area contributed by atoms with Crippen LogP contribution in [0.4, 0.5) is 48.4 Å². The van der Waals surface area contributed by atoms with Gasteiger partial charge in [0.25, 0.3) is 6.20 Å². The molecule has 1 aromatic heterocycles. The van der Waals surface area contributed by atoms with Crippen LogP contribution in [0.5, 0.6) is 0 Å². The lowest BCUT2D eigenvalue weighted by molar-refractivity contribution is -0.787. The van der Waals surface area contributed by atoms with E-state index >= 15 is 0 Å². The van der Waals surface area contributed by atoms with Crippen LogP contribution in [0.15, 0.2) is 59.3 Å². The molecule has 2 heterocycles. The minimum Gasteiger partial charge on any atom is -0.312 e. The summed E-state index contributed by atoms with van der Waals surface area (Å²) in [5, 5.41) is 11.1. The highest BCUT2D eigenvalue weighted by Crippen LogP contribution is 2.38. The highest BCUT2D eigenvalue weighted by atomic mass is 19.4. The van der Waals surface area contributed by atoms with Crippen LogP contribution in [0, 0.1) is 5.92 Å². The Hall–Kier alpha value is -4.14. The predicted octanol–water partition coefficient (Wildman–Crippen LogP) is 6.03. The number of halogens is 6. The van der Waals surface area contributed by atoms with Crippen molar-refractivity contribution >= 4 is 29.2 Å². The molecule has 2 aromatic carbocycles.